The fourth-order valence-corrected chi connectivity index (χ4v) is 10.8. The van der Waals surface area contributed by atoms with Gasteiger partial charge in [0, 0.05) is 114 Å². The van der Waals surface area contributed by atoms with Crippen molar-refractivity contribution in [3.63, 3.8) is 0 Å². The van der Waals surface area contributed by atoms with Crippen molar-refractivity contribution in [3.8, 4) is 0 Å². The van der Waals surface area contributed by atoms with Crippen molar-refractivity contribution in [2.24, 2.45) is 5.73 Å². The molecule has 89 heavy (non-hydrogen) atoms. The van der Waals surface area contributed by atoms with Crippen LogP contribution in [-0.4, -0.2) is 96.3 Å². The van der Waals surface area contributed by atoms with Crippen LogP contribution in [0.15, 0.2) is 250 Å². The number of nitrogens with two attached hydrogens (primary N) is 1. The number of amides is 1. The van der Waals surface area contributed by atoms with Crippen LogP contribution in [0.1, 0.15) is 50.6 Å². The second-order valence-corrected chi connectivity index (χ2v) is 21.8. The normalized spacial score (nSPS) is 14.8. The lowest BCUT2D eigenvalue weighted by Crippen LogP contribution is -2.51. The molecule has 1 saturated heterocycles. The maximum absolute atomic E-state index is 14.0. The Morgan fingerprint density at radius 3 is 1.10 bits per heavy atom. The monoisotopic (exact) mass is 1200 g/mol. The van der Waals surface area contributed by atoms with Crippen LogP contribution < -0.4 is 52.6 Å². The number of carbonyl (C=O) groups excluding carboxylic acids is 1. The number of rotatable bonds is 24. The van der Waals surface area contributed by atoms with Crippen LogP contribution in [0.2, 0.25) is 0 Å². The Hall–Kier alpha value is -10.1. The Morgan fingerprint density at radius 2 is 0.730 bits per heavy atom. The zero-order valence-electron chi connectivity index (χ0n) is 49.7. The first-order chi connectivity index (χ1) is 43.6. The van der Waals surface area contributed by atoms with E-state index in [1.54, 1.807) is 24.3 Å². The van der Waals surface area contributed by atoms with Gasteiger partial charge in [0.15, 0.2) is 0 Å². The highest BCUT2D eigenvalue weighted by Gasteiger charge is 2.28. The van der Waals surface area contributed by atoms with Crippen LogP contribution >= 0.6 is 0 Å². The standard InChI is InChI=1S/C70H74N10O9/c71-38-37-66(81)72-60-35-33-55(34-36-60)45-65-49-75(48-63-27-15-31-69(84)79(63)88-53-58-21-9-3-10-22-58)42-41-73(46-61-25-13-29-67(82)77(61)86-51-56-17-5-1-6-18-56)39-40-74(47-62-26-14-30-68(83)78(62)87-52-57-19-7-2-8-20-57)43-44-76(65)50-64-28-16-32-70(85)80(64)89-54-59-23-11-4-12-24-59/h1-38,65H,39-54,71H2,(H,72,81). The lowest BCUT2D eigenvalue weighted by Gasteiger charge is -2.39. The van der Waals surface area contributed by atoms with E-state index in [1.165, 1.54) is 55.5 Å². The number of pyridine rings is 4. The summed E-state index contributed by atoms with van der Waals surface area (Å²) >= 11 is 0. The zero-order chi connectivity index (χ0) is 61.6. The van der Waals surface area contributed by atoms with Crippen LogP contribution in [0.3, 0.4) is 0 Å². The lowest BCUT2D eigenvalue weighted by atomic mass is 10.0. The maximum Gasteiger partial charge on any atom is 0.283 e. The highest BCUT2D eigenvalue weighted by molar-refractivity contribution is 5.99. The minimum absolute atomic E-state index is 0.151. The van der Waals surface area contributed by atoms with Crippen molar-refractivity contribution in [1.82, 2.24) is 38.5 Å². The van der Waals surface area contributed by atoms with Gasteiger partial charge in [0.05, 0.1) is 22.8 Å². The molecule has 1 fully saturated rings. The van der Waals surface area contributed by atoms with E-state index in [4.69, 9.17) is 25.1 Å². The lowest BCUT2D eigenvalue weighted by molar-refractivity contribution is -0.111. The maximum atomic E-state index is 14.0. The second kappa shape index (κ2) is 31.6. The van der Waals surface area contributed by atoms with Gasteiger partial charge in [0.1, 0.15) is 26.4 Å². The molecule has 5 aromatic carbocycles. The molecule has 19 heteroatoms. The number of nitrogens with one attached hydrogen (secondary N) is 1. The molecule has 1 aliphatic heterocycles. The molecule has 3 N–H and O–H groups in total. The minimum atomic E-state index is -0.360. The summed E-state index contributed by atoms with van der Waals surface area (Å²) in [5.41, 5.74) is 12.0. The number of aromatic nitrogens is 4. The Bertz CT molecular complexity index is 3980. The fourth-order valence-electron chi connectivity index (χ4n) is 10.8. The van der Waals surface area contributed by atoms with Crippen LogP contribution in [0.5, 0.6) is 0 Å². The molecule has 1 aliphatic rings. The number of nitrogens with zero attached hydrogens (tertiary/aromatic N) is 8. The molecule has 1 amide bonds. The first-order valence-electron chi connectivity index (χ1n) is 29.8. The van der Waals surface area contributed by atoms with Gasteiger partial charge in [-0.05, 0) is 76.8 Å². The van der Waals surface area contributed by atoms with Crippen LogP contribution in [0.4, 0.5) is 5.69 Å². The van der Waals surface area contributed by atoms with Crippen molar-refractivity contribution < 1.29 is 24.1 Å². The van der Waals surface area contributed by atoms with Crippen molar-refractivity contribution >= 4 is 11.6 Å². The number of carbonyl (C=O) groups is 1. The Balaban J connectivity index is 1.06. The topological polar surface area (TPSA) is 193 Å². The van der Waals surface area contributed by atoms with Gasteiger partial charge in [-0.3, -0.25) is 43.6 Å². The van der Waals surface area contributed by atoms with Crippen molar-refractivity contribution in [1.29, 1.82) is 0 Å². The summed E-state index contributed by atoms with van der Waals surface area (Å²) in [7, 11) is 0. The summed E-state index contributed by atoms with van der Waals surface area (Å²) in [6, 6.07) is 66.8. The van der Waals surface area contributed by atoms with Gasteiger partial charge in [-0.25, -0.2) is 0 Å². The van der Waals surface area contributed by atoms with Gasteiger partial charge in [-0.2, -0.15) is 0 Å². The molecule has 10 rings (SSSR count). The van der Waals surface area contributed by atoms with E-state index in [0.29, 0.717) is 93.8 Å². The van der Waals surface area contributed by atoms with E-state index in [1.807, 2.05) is 170 Å². The molecule has 19 nitrogen and oxygen atoms in total. The van der Waals surface area contributed by atoms with Crippen LogP contribution in [0, 0.1) is 0 Å². The van der Waals surface area contributed by atoms with Gasteiger partial charge in [0.25, 0.3) is 22.2 Å². The molecule has 0 bridgehead atoms. The average molecular weight is 1200 g/mol. The number of hydrogen-bond donors (Lipinski definition) is 2. The van der Waals surface area contributed by atoms with Gasteiger partial charge in [0.2, 0.25) is 5.91 Å². The summed E-state index contributed by atoms with van der Waals surface area (Å²) in [4.78, 5) is 103. The third-order valence-corrected chi connectivity index (χ3v) is 15.4. The van der Waals surface area contributed by atoms with E-state index in [-0.39, 0.29) is 73.7 Å². The van der Waals surface area contributed by atoms with E-state index >= 15 is 0 Å². The predicted octanol–water partition coefficient (Wildman–Crippen LogP) is 6.19. The molecule has 9 aromatic rings. The third kappa shape index (κ3) is 18.0. The Labute approximate surface area is 516 Å². The number of hydrogen-bond acceptors (Lipinski definition) is 14. The van der Waals surface area contributed by atoms with Crippen LogP contribution in [-0.2, 0) is 63.8 Å². The van der Waals surface area contributed by atoms with E-state index in [9.17, 15) is 24.0 Å². The molecule has 4 aromatic heterocycles. The van der Waals surface area contributed by atoms with Crippen molar-refractivity contribution in [3.05, 3.63) is 323 Å². The molecule has 1 atom stereocenters. The first-order valence-corrected chi connectivity index (χ1v) is 29.8. The summed E-state index contributed by atoms with van der Waals surface area (Å²) in [6.07, 6.45) is 2.94. The van der Waals surface area contributed by atoms with E-state index in [0.717, 1.165) is 27.8 Å². The molecule has 0 aliphatic carbocycles. The van der Waals surface area contributed by atoms with Crippen molar-refractivity contribution in [2.75, 3.05) is 51.1 Å². The minimum Gasteiger partial charge on any atom is -0.406 e. The Kier molecular flexibility index (Phi) is 22.0. The van der Waals surface area contributed by atoms with E-state index < -0.39 is 0 Å². The zero-order valence-corrected chi connectivity index (χ0v) is 49.7. The highest BCUT2D eigenvalue weighted by atomic mass is 16.7. The molecular formula is C70H74N10O9. The molecule has 0 saturated carbocycles. The molecule has 458 valence electrons. The SMILES string of the molecule is NC=CC(=O)Nc1ccc(CC2CN(Cc3cccc(=O)n3OCc3ccccc3)CCN(Cc3cccc(=O)n3OCc3ccccc3)CCN(Cc3cccc(=O)n3OCc3ccccc3)CCN2Cc2cccc(=O)n2OCc2ccccc2)cc1. The summed E-state index contributed by atoms with van der Waals surface area (Å²) in [5, 5.41) is 2.87. The van der Waals surface area contributed by atoms with Gasteiger partial charge < -0.3 is 30.4 Å². The Morgan fingerprint density at radius 1 is 0.393 bits per heavy atom. The van der Waals surface area contributed by atoms with Gasteiger partial charge in [-0.1, -0.05) is 158 Å². The van der Waals surface area contributed by atoms with E-state index in [2.05, 4.69) is 24.9 Å². The van der Waals surface area contributed by atoms with Gasteiger partial charge in [-0.15, -0.1) is 18.9 Å². The summed E-state index contributed by atoms with van der Waals surface area (Å²) in [6.45, 7) is 5.15. The molecule has 5 heterocycles. The number of anilines is 1. The first kappa shape index (κ1) is 62.0. The average Bonchev–Trinajstić information content (AvgIpc) is 2.30. The largest absolute Gasteiger partial charge is 0.406 e. The second-order valence-electron chi connectivity index (χ2n) is 21.8. The van der Waals surface area contributed by atoms with Crippen LogP contribution in [0.25, 0.3) is 0 Å². The fraction of sp³-hybridized carbons (Fsp3) is 0.243. The number of benzene rings is 5. The summed E-state index contributed by atoms with van der Waals surface area (Å²) in [5.74, 6) is -0.360. The molecule has 1 unspecified atom stereocenters. The quantitative estimate of drug-likeness (QED) is 0.0651. The smallest absolute Gasteiger partial charge is 0.283 e. The molecule has 0 radical (unpaired) electrons. The third-order valence-electron chi connectivity index (χ3n) is 15.4. The predicted molar refractivity (Wildman–Crippen MR) is 342 cm³/mol. The molecule has 0 spiro atoms. The summed E-state index contributed by atoms with van der Waals surface area (Å²) < 4.78 is 5.52. The van der Waals surface area contributed by atoms with Crippen molar-refractivity contribution in [2.45, 2.75) is 65.1 Å². The highest BCUT2D eigenvalue weighted by Crippen LogP contribution is 2.21. The molecular weight excluding hydrogens is 1120 g/mol. The van der Waals surface area contributed by atoms with Gasteiger partial charge >= 0.3 is 0 Å².